The lowest BCUT2D eigenvalue weighted by Crippen LogP contribution is -2.61. The molecule has 0 spiro atoms. The molecule has 2 heterocycles. The zero-order chi connectivity index (χ0) is 22.0. The van der Waals surface area contributed by atoms with Crippen LogP contribution in [0.3, 0.4) is 0 Å². The van der Waals surface area contributed by atoms with Gasteiger partial charge in [-0.1, -0.05) is 24.3 Å². The quantitative estimate of drug-likeness (QED) is 0.683. The minimum Gasteiger partial charge on any atom is -0.494 e. The van der Waals surface area contributed by atoms with E-state index >= 15 is 0 Å². The van der Waals surface area contributed by atoms with Crippen molar-refractivity contribution in [2.45, 2.75) is 37.4 Å². The van der Waals surface area contributed by atoms with Crippen molar-refractivity contribution < 1.29 is 22.7 Å². The number of aryl methyl sites for hydroxylation is 1. The van der Waals surface area contributed by atoms with Gasteiger partial charge < -0.3 is 14.4 Å². The average molecular weight is 445 g/mol. The number of fused-ring (bicyclic) bond motifs is 2. The highest BCUT2D eigenvalue weighted by molar-refractivity contribution is 7.89. The van der Waals surface area contributed by atoms with Gasteiger partial charge in [-0.3, -0.25) is 4.79 Å². The average Bonchev–Trinajstić information content (AvgIpc) is 2.74. The van der Waals surface area contributed by atoms with Crippen LogP contribution in [0.2, 0.25) is 0 Å². The van der Waals surface area contributed by atoms with Crippen molar-refractivity contribution in [3.63, 3.8) is 0 Å². The van der Waals surface area contributed by atoms with E-state index in [-0.39, 0.29) is 31.2 Å². The Kier molecular flexibility index (Phi) is 6.31. The number of sulfonamides is 1. The highest BCUT2D eigenvalue weighted by Crippen LogP contribution is 2.26. The summed E-state index contributed by atoms with van der Waals surface area (Å²) in [4.78, 5) is 15.0. The molecule has 4 rings (SSSR count). The van der Waals surface area contributed by atoms with Gasteiger partial charge in [-0.2, -0.15) is 4.31 Å². The molecule has 2 aliphatic rings. The number of carbonyl (C=O) groups is 1. The van der Waals surface area contributed by atoms with Crippen molar-refractivity contribution in [2.75, 3.05) is 32.8 Å². The molecule has 0 N–H and O–H groups in total. The predicted molar refractivity (Wildman–Crippen MR) is 116 cm³/mol. The van der Waals surface area contributed by atoms with E-state index in [1.165, 1.54) is 4.31 Å². The Balaban J connectivity index is 1.39. The van der Waals surface area contributed by atoms with Crippen LogP contribution >= 0.6 is 0 Å². The third-order valence-corrected chi connectivity index (χ3v) is 7.44. The van der Waals surface area contributed by atoms with Crippen LogP contribution < -0.4 is 4.74 Å². The second-order valence-corrected chi connectivity index (χ2v) is 10.0. The molecule has 2 unspecified atom stereocenters. The molecule has 166 valence electrons. The van der Waals surface area contributed by atoms with Crippen LogP contribution in [0.25, 0.3) is 0 Å². The SMILES string of the molecule is CCOc1ccc(CC(=O)N2CC3CN(S(=O)(=O)c4cccc(C)c4)CC(C2)O3)cc1. The van der Waals surface area contributed by atoms with Crippen LogP contribution in [0.4, 0.5) is 0 Å². The van der Waals surface area contributed by atoms with Crippen LogP contribution in [-0.2, 0) is 26.0 Å². The van der Waals surface area contributed by atoms with E-state index in [0.29, 0.717) is 31.0 Å². The number of morpholine rings is 2. The monoisotopic (exact) mass is 444 g/mol. The van der Waals surface area contributed by atoms with Gasteiger partial charge in [0.15, 0.2) is 0 Å². The molecule has 0 aliphatic carbocycles. The molecule has 31 heavy (non-hydrogen) atoms. The smallest absolute Gasteiger partial charge is 0.243 e. The fourth-order valence-electron chi connectivity index (χ4n) is 4.14. The van der Waals surface area contributed by atoms with Gasteiger partial charge in [0, 0.05) is 26.2 Å². The first-order chi connectivity index (χ1) is 14.8. The number of carbonyl (C=O) groups excluding carboxylic acids is 1. The van der Waals surface area contributed by atoms with Crippen LogP contribution in [0.15, 0.2) is 53.4 Å². The zero-order valence-electron chi connectivity index (χ0n) is 17.9. The lowest BCUT2D eigenvalue weighted by molar-refractivity contribution is -0.153. The van der Waals surface area contributed by atoms with E-state index in [9.17, 15) is 13.2 Å². The second-order valence-electron chi connectivity index (χ2n) is 8.07. The summed E-state index contributed by atoms with van der Waals surface area (Å²) in [5.74, 6) is 0.812. The number of benzene rings is 2. The maximum atomic E-state index is 13.1. The number of hydrogen-bond acceptors (Lipinski definition) is 5. The van der Waals surface area contributed by atoms with E-state index in [4.69, 9.17) is 9.47 Å². The van der Waals surface area contributed by atoms with Crippen LogP contribution in [-0.4, -0.2) is 68.5 Å². The fraction of sp³-hybridized carbons (Fsp3) is 0.435. The van der Waals surface area contributed by atoms with E-state index in [1.54, 1.807) is 23.1 Å². The first-order valence-electron chi connectivity index (χ1n) is 10.6. The molecule has 0 radical (unpaired) electrons. The van der Waals surface area contributed by atoms with Crippen molar-refractivity contribution >= 4 is 15.9 Å². The summed E-state index contributed by atoms with van der Waals surface area (Å²) in [7, 11) is -3.58. The maximum absolute atomic E-state index is 13.1. The van der Waals surface area contributed by atoms with Crippen molar-refractivity contribution in [1.82, 2.24) is 9.21 Å². The molecule has 7 nitrogen and oxygen atoms in total. The molecule has 2 aromatic rings. The number of hydrogen-bond donors (Lipinski definition) is 0. The first kappa shape index (κ1) is 21.8. The molecule has 0 aromatic heterocycles. The van der Waals surface area contributed by atoms with Crippen molar-refractivity contribution in [3.8, 4) is 5.75 Å². The summed E-state index contributed by atoms with van der Waals surface area (Å²) in [5, 5.41) is 0. The molecule has 1 amide bonds. The molecular formula is C23H28N2O5S. The van der Waals surface area contributed by atoms with Gasteiger partial charge in [0.05, 0.1) is 30.1 Å². The maximum Gasteiger partial charge on any atom is 0.243 e. The Labute approximate surface area is 183 Å². The number of nitrogens with zero attached hydrogens (tertiary/aromatic N) is 2. The fourth-order valence-corrected chi connectivity index (χ4v) is 5.74. The molecular weight excluding hydrogens is 416 g/mol. The normalized spacial score (nSPS) is 21.7. The predicted octanol–water partition coefficient (Wildman–Crippen LogP) is 2.24. The van der Waals surface area contributed by atoms with Gasteiger partial charge in [-0.05, 0) is 49.2 Å². The lowest BCUT2D eigenvalue weighted by atomic mass is 10.1. The Bertz CT molecular complexity index is 1020. The van der Waals surface area contributed by atoms with E-state index in [2.05, 4.69) is 0 Å². The van der Waals surface area contributed by atoms with Gasteiger partial charge in [0.1, 0.15) is 5.75 Å². The third kappa shape index (κ3) is 4.92. The van der Waals surface area contributed by atoms with E-state index in [1.807, 2.05) is 44.2 Å². The van der Waals surface area contributed by atoms with E-state index in [0.717, 1.165) is 16.9 Å². The Hall–Kier alpha value is -2.42. The summed E-state index contributed by atoms with van der Waals surface area (Å²) in [5.41, 5.74) is 1.83. The van der Waals surface area contributed by atoms with E-state index < -0.39 is 10.0 Å². The summed E-state index contributed by atoms with van der Waals surface area (Å²) in [6, 6.07) is 14.5. The number of amides is 1. The molecule has 0 saturated carbocycles. The van der Waals surface area contributed by atoms with Gasteiger partial charge >= 0.3 is 0 Å². The third-order valence-electron chi connectivity index (χ3n) is 5.62. The highest BCUT2D eigenvalue weighted by atomic mass is 32.2. The molecule has 2 aliphatic heterocycles. The molecule has 2 aromatic carbocycles. The first-order valence-corrected chi connectivity index (χ1v) is 12.0. The summed E-state index contributed by atoms with van der Waals surface area (Å²) >= 11 is 0. The Morgan fingerprint density at radius 1 is 1.06 bits per heavy atom. The minimum absolute atomic E-state index is 0.0254. The van der Waals surface area contributed by atoms with Crippen molar-refractivity contribution in [3.05, 3.63) is 59.7 Å². The minimum atomic E-state index is -3.58. The van der Waals surface area contributed by atoms with Gasteiger partial charge in [-0.25, -0.2) is 8.42 Å². The number of rotatable bonds is 6. The Morgan fingerprint density at radius 2 is 1.74 bits per heavy atom. The van der Waals surface area contributed by atoms with Crippen LogP contribution in [0.1, 0.15) is 18.1 Å². The summed E-state index contributed by atoms with van der Waals surface area (Å²) in [6.45, 7) is 5.70. The number of ether oxygens (including phenoxy) is 2. The summed E-state index contributed by atoms with van der Waals surface area (Å²) in [6.07, 6.45) is -0.343. The largest absolute Gasteiger partial charge is 0.494 e. The molecule has 2 saturated heterocycles. The molecule has 2 atom stereocenters. The zero-order valence-corrected chi connectivity index (χ0v) is 18.7. The summed E-state index contributed by atoms with van der Waals surface area (Å²) < 4.78 is 39.1. The van der Waals surface area contributed by atoms with Gasteiger partial charge in [-0.15, -0.1) is 0 Å². The topological polar surface area (TPSA) is 76.2 Å². The van der Waals surface area contributed by atoms with Crippen molar-refractivity contribution in [2.24, 2.45) is 0 Å². The molecule has 8 heteroatoms. The highest BCUT2D eigenvalue weighted by Gasteiger charge is 2.41. The van der Waals surface area contributed by atoms with Crippen molar-refractivity contribution in [1.29, 1.82) is 0 Å². The second kappa shape index (κ2) is 8.98. The van der Waals surface area contributed by atoms with Crippen LogP contribution in [0, 0.1) is 6.92 Å². The lowest BCUT2D eigenvalue weighted by Gasteiger charge is -2.45. The van der Waals surface area contributed by atoms with Gasteiger partial charge in [0.2, 0.25) is 15.9 Å². The Morgan fingerprint density at radius 3 is 2.35 bits per heavy atom. The molecule has 2 bridgehead atoms. The standard InChI is InChI=1S/C23H28N2O5S/c1-3-29-19-9-7-18(8-10-19)12-23(26)24-13-20-15-25(16-21(14-24)30-20)31(27,28)22-6-4-5-17(2)11-22/h4-11,20-21H,3,12-16H2,1-2H3. The van der Waals surface area contributed by atoms with Crippen LogP contribution in [0.5, 0.6) is 5.75 Å². The van der Waals surface area contributed by atoms with Gasteiger partial charge in [0.25, 0.3) is 0 Å². The molecule has 2 fully saturated rings.